The fourth-order valence-electron chi connectivity index (χ4n) is 1.65. The monoisotopic (exact) mass is 260 g/mol. The van der Waals surface area contributed by atoms with E-state index in [1.807, 2.05) is 30.3 Å². The first-order valence-electron chi connectivity index (χ1n) is 5.59. The molecule has 0 atom stereocenters. The maximum atomic E-state index is 12.1. The molecule has 0 saturated heterocycles. The predicted molar refractivity (Wildman–Crippen MR) is 71.5 cm³/mol. The number of pyridine rings is 1. The summed E-state index contributed by atoms with van der Waals surface area (Å²) in [5.41, 5.74) is 1.44. The third-order valence-electron chi connectivity index (χ3n) is 2.54. The summed E-state index contributed by atoms with van der Waals surface area (Å²) in [6, 6.07) is 14.8. The van der Waals surface area contributed by atoms with Crippen molar-refractivity contribution < 1.29 is 4.79 Å². The van der Waals surface area contributed by atoms with Crippen LogP contribution in [0.4, 0.5) is 0 Å². The quantitative estimate of drug-likeness (QED) is 0.795. The van der Waals surface area contributed by atoms with Gasteiger partial charge in [0.2, 0.25) is 0 Å². The number of amides is 1. The highest BCUT2D eigenvalue weighted by Gasteiger charge is 2.13. The molecule has 0 N–H and O–H groups in total. The lowest BCUT2D eigenvalue weighted by Crippen LogP contribution is -2.26. The molecule has 0 saturated carbocycles. The summed E-state index contributed by atoms with van der Waals surface area (Å²) in [6.07, 6.45) is 0. The highest BCUT2D eigenvalue weighted by Crippen LogP contribution is 2.09. The second kappa shape index (κ2) is 5.65. The van der Waals surface area contributed by atoms with Gasteiger partial charge in [0.05, 0.1) is 0 Å². The first-order valence-corrected chi connectivity index (χ1v) is 5.96. The standard InChI is InChI=1S/C14H13ClN2O/c1-17(10-11-6-3-2-4-7-11)14(18)12-8-5-9-13(15)16-12/h2-9H,10H2,1H3. The number of aromatic nitrogens is 1. The lowest BCUT2D eigenvalue weighted by atomic mass is 10.2. The van der Waals surface area contributed by atoms with Crippen molar-refractivity contribution in [3.63, 3.8) is 0 Å². The van der Waals surface area contributed by atoms with Crippen molar-refractivity contribution in [2.24, 2.45) is 0 Å². The number of nitrogens with zero attached hydrogens (tertiary/aromatic N) is 2. The molecule has 2 rings (SSSR count). The molecule has 1 aromatic carbocycles. The maximum absolute atomic E-state index is 12.1. The predicted octanol–water partition coefficient (Wildman–Crippen LogP) is 3.01. The molecule has 3 nitrogen and oxygen atoms in total. The molecule has 1 amide bonds. The van der Waals surface area contributed by atoms with E-state index in [-0.39, 0.29) is 5.91 Å². The number of benzene rings is 1. The van der Waals surface area contributed by atoms with Crippen LogP contribution in [-0.2, 0) is 6.54 Å². The Kier molecular flexibility index (Phi) is 3.95. The van der Waals surface area contributed by atoms with Gasteiger partial charge in [-0.25, -0.2) is 4.98 Å². The molecule has 1 heterocycles. The number of carbonyl (C=O) groups is 1. The fourth-order valence-corrected chi connectivity index (χ4v) is 1.82. The summed E-state index contributed by atoms with van der Waals surface area (Å²) < 4.78 is 0. The first kappa shape index (κ1) is 12.6. The fraction of sp³-hybridized carbons (Fsp3) is 0.143. The van der Waals surface area contributed by atoms with E-state index in [1.54, 1.807) is 30.1 Å². The van der Waals surface area contributed by atoms with E-state index in [1.165, 1.54) is 0 Å². The largest absolute Gasteiger partial charge is 0.336 e. The molecule has 0 aliphatic carbocycles. The Morgan fingerprint density at radius 2 is 1.89 bits per heavy atom. The minimum atomic E-state index is -0.138. The van der Waals surface area contributed by atoms with Crippen LogP contribution in [0.1, 0.15) is 16.1 Å². The van der Waals surface area contributed by atoms with Gasteiger partial charge in [-0.15, -0.1) is 0 Å². The minimum absolute atomic E-state index is 0.138. The Labute approximate surface area is 111 Å². The van der Waals surface area contributed by atoms with Gasteiger partial charge in [-0.1, -0.05) is 48.0 Å². The molecule has 4 heteroatoms. The maximum Gasteiger partial charge on any atom is 0.272 e. The van der Waals surface area contributed by atoms with Crippen LogP contribution < -0.4 is 0 Å². The van der Waals surface area contributed by atoms with Crippen molar-refractivity contribution in [1.29, 1.82) is 0 Å². The van der Waals surface area contributed by atoms with Gasteiger partial charge >= 0.3 is 0 Å². The number of halogens is 1. The lowest BCUT2D eigenvalue weighted by molar-refractivity contribution is 0.0779. The Balaban J connectivity index is 2.10. The topological polar surface area (TPSA) is 33.2 Å². The molecule has 92 valence electrons. The first-order chi connectivity index (χ1) is 8.66. The molecule has 2 aromatic rings. The van der Waals surface area contributed by atoms with E-state index in [4.69, 9.17) is 11.6 Å². The summed E-state index contributed by atoms with van der Waals surface area (Å²) in [5, 5.41) is 0.328. The van der Waals surface area contributed by atoms with Crippen molar-refractivity contribution in [1.82, 2.24) is 9.88 Å². The zero-order valence-electron chi connectivity index (χ0n) is 10.0. The van der Waals surface area contributed by atoms with Crippen LogP contribution in [0.25, 0.3) is 0 Å². The SMILES string of the molecule is CN(Cc1ccccc1)C(=O)c1cccc(Cl)n1. The van der Waals surface area contributed by atoms with Crippen molar-refractivity contribution in [3.05, 3.63) is 64.9 Å². The van der Waals surface area contributed by atoms with Gasteiger partial charge in [0.1, 0.15) is 10.8 Å². The number of hydrogen-bond acceptors (Lipinski definition) is 2. The molecule has 0 unspecified atom stereocenters. The molecule has 18 heavy (non-hydrogen) atoms. The summed E-state index contributed by atoms with van der Waals surface area (Å²) >= 11 is 5.77. The summed E-state index contributed by atoms with van der Waals surface area (Å²) in [7, 11) is 1.75. The van der Waals surface area contributed by atoms with Gasteiger partial charge in [-0.05, 0) is 17.7 Å². The Morgan fingerprint density at radius 1 is 1.17 bits per heavy atom. The minimum Gasteiger partial charge on any atom is -0.336 e. The van der Waals surface area contributed by atoms with Gasteiger partial charge in [0.15, 0.2) is 0 Å². The zero-order valence-corrected chi connectivity index (χ0v) is 10.8. The van der Waals surface area contributed by atoms with E-state index in [0.29, 0.717) is 17.4 Å². The number of hydrogen-bond donors (Lipinski definition) is 0. The molecule has 1 aromatic heterocycles. The third-order valence-corrected chi connectivity index (χ3v) is 2.75. The summed E-state index contributed by atoms with van der Waals surface area (Å²) in [4.78, 5) is 17.7. The highest BCUT2D eigenvalue weighted by molar-refractivity contribution is 6.29. The van der Waals surface area contributed by atoms with Crippen molar-refractivity contribution in [2.75, 3.05) is 7.05 Å². The Bertz CT molecular complexity index is 543. The molecular formula is C14H13ClN2O. The van der Waals surface area contributed by atoms with Crippen LogP contribution >= 0.6 is 11.6 Å². The third kappa shape index (κ3) is 3.08. The van der Waals surface area contributed by atoms with Gasteiger partial charge in [0.25, 0.3) is 5.91 Å². The van der Waals surface area contributed by atoms with Gasteiger partial charge < -0.3 is 4.90 Å². The molecule has 0 aliphatic rings. The van der Waals surface area contributed by atoms with Crippen LogP contribution in [0.5, 0.6) is 0 Å². The number of rotatable bonds is 3. The van der Waals surface area contributed by atoms with Gasteiger partial charge in [-0.3, -0.25) is 4.79 Å². The average Bonchev–Trinajstić information content (AvgIpc) is 2.39. The molecule has 0 radical (unpaired) electrons. The second-order valence-electron chi connectivity index (χ2n) is 3.99. The smallest absolute Gasteiger partial charge is 0.272 e. The van der Waals surface area contributed by atoms with E-state index in [9.17, 15) is 4.79 Å². The van der Waals surface area contributed by atoms with Crippen LogP contribution in [0.2, 0.25) is 5.15 Å². The van der Waals surface area contributed by atoms with Crippen LogP contribution in [-0.4, -0.2) is 22.8 Å². The van der Waals surface area contributed by atoms with E-state index in [0.717, 1.165) is 5.56 Å². The van der Waals surface area contributed by atoms with E-state index >= 15 is 0 Å². The molecule has 0 fully saturated rings. The van der Waals surface area contributed by atoms with Crippen molar-refractivity contribution >= 4 is 17.5 Å². The number of carbonyl (C=O) groups excluding carboxylic acids is 1. The molecular weight excluding hydrogens is 248 g/mol. The summed E-state index contributed by atoms with van der Waals surface area (Å²) in [6.45, 7) is 0.549. The average molecular weight is 261 g/mol. The zero-order chi connectivity index (χ0) is 13.0. The normalized spacial score (nSPS) is 10.1. The molecule has 0 spiro atoms. The van der Waals surface area contributed by atoms with Gasteiger partial charge in [-0.2, -0.15) is 0 Å². The molecule has 0 aliphatic heterocycles. The van der Waals surface area contributed by atoms with E-state index < -0.39 is 0 Å². The van der Waals surface area contributed by atoms with Crippen molar-refractivity contribution in [2.45, 2.75) is 6.54 Å². The summed E-state index contributed by atoms with van der Waals surface area (Å²) in [5.74, 6) is -0.138. The van der Waals surface area contributed by atoms with Crippen LogP contribution in [0.3, 0.4) is 0 Å². The van der Waals surface area contributed by atoms with Crippen LogP contribution in [0, 0.1) is 0 Å². The second-order valence-corrected chi connectivity index (χ2v) is 4.38. The lowest BCUT2D eigenvalue weighted by Gasteiger charge is -2.16. The van der Waals surface area contributed by atoms with Gasteiger partial charge in [0, 0.05) is 13.6 Å². The van der Waals surface area contributed by atoms with E-state index in [2.05, 4.69) is 4.98 Å². The Hall–Kier alpha value is -1.87. The van der Waals surface area contributed by atoms with Crippen molar-refractivity contribution in [3.8, 4) is 0 Å². The Morgan fingerprint density at radius 3 is 2.56 bits per heavy atom. The highest BCUT2D eigenvalue weighted by atomic mass is 35.5. The van der Waals surface area contributed by atoms with Crippen LogP contribution in [0.15, 0.2) is 48.5 Å². The molecule has 0 bridgehead atoms.